The van der Waals surface area contributed by atoms with Crippen LogP contribution in [0, 0.1) is 5.82 Å². The van der Waals surface area contributed by atoms with E-state index >= 15 is 0 Å². The van der Waals surface area contributed by atoms with Crippen LogP contribution in [-0.4, -0.2) is 45.7 Å². The van der Waals surface area contributed by atoms with Crippen LogP contribution in [0.1, 0.15) is 16.8 Å². The Balaban J connectivity index is 1.75. The Hall–Kier alpha value is -3.29. The molecule has 0 radical (unpaired) electrons. The molecule has 0 saturated carbocycles. The van der Waals surface area contributed by atoms with Gasteiger partial charge in [0, 0.05) is 24.2 Å². The molecule has 2 aromatic carbocycles. The number of ether oxygens (including phenoxy) is 3. The molecular formula is C20H21FN2O5. The summed E-state index contributed by atoms with van der Waals surface area (Å²) in [6.07, 6.45) is 0.160. The lowest BCUT2D eigenvalue weighted by Crippen LogP contribution is -2.37. The number of carbonyl (C=O) groups excluding carboxylic acids is 2. The van der Waals surface area contributed by atoms with Crippen molar-refractivity contribution < 1.29 is 28.2 Å². The number of nitrogens with zero attached hydrogens (tertiary/aromatic N) is 1. The van der Waals surface area contributed by atoms with E-state index in [0.29, 0.717) is 35.0 Å². The molecule has 1 saturated heterocycles. The zero-order valence-electron chi connectivity index (χ0n) is 15.8. The van der Waals surface area contributed by atoms with Crippen molar-refractivity contribution in [2.75, 3.05) is 32.8 Å². The maximum absolute atomic E-state index is 13.1. The summed E-state index contributed by atoms with van der Waals surface area (Å²) in [5.74, 6) is 0.243. The molecule has 1 heterocycles. The molecule has 1 fully saturated rings. The van der Waals surface area contributed by atoms with Gasteiger partial charge in [-0.15, -0.1) is 0 Å². The fraction of sp³-hybridized carbons (Fsp3) is 0.300. The van der Waals surface area contributed by atoms with Gasteiger partial charge in [0.15, 0.2) is 11.5 Å². The zero-order chi connectivity index (χ0) is 20.3. The van der Waals surface area contributed by atoms with Gasteiger partial charge < -0.3 is 24.4 Å². The number of rotatable bonds is 6. The molecule has 0 aliphatic carbocycles. The minimum Gasteiger partial charge on any atom is -0.493 e. The van der Waals surface area contributed by atoms with Crippen LogP contribution in [0.4, 0.5) is 10.1 Å². The molecule has 0 bridgehead atoms. The second kappa shape index (κ2) is 8.16. The molecule has 1 aliphatic heterocycles. The molecule has 1 aliphatic rings. The van der Waals surface area contributed by atoms with Gasteiger partial charge in [0.25, 0.3) is 5.91 Å². The van der Waals surface area contributed by atoms with Crippen molar-refractivity contribution in [1.82, 2.24) is 5.32 Å². The number of carbonyl (C=O) groups is 2. The lowest BCUT2D eigenvalue weighted by molar-refractivity contribution is -0.117. The maximum Gasteiger partial charge on any atom is 0.251 e. The van der Waals surface area contributed by atoms with Crippen LogP contribution in [0.5, 0.6) is 17.2 Å². The number of methoxy groups -OCH3 is 3. The maximum atomic E-state index is 13.1. The van der Waals surface area contributed by atoms with E-state index in [4.69, 9.17) is 14.2 Å². The lowest BCUT2D eigenvalue weighted by Gasteiger charge is -2.18. The highest BCUT2D eigenvalue weighted by molar-refractivity contribution is 5.99. The first kappa shape index (κ1) is 19.5. The summed E-state index contributed by atoms with van der Waals surface area (Å²) in [6.45, 7) is 0.306. The number of nitrogens with one attached hydrogen (secondary N) is 1. The molecule has 7 nitrogen and oxygen atoms in total. The van der Waals surface area contributed by atoms with Gasteiger partial charge >= 0.3 is 0 Å². The van der Waals surface area contributed by atoms with Gasteiger partial charge in [-0.3, -0.25) is 9.59 Å². The molecule has 1 unspecified atom stereocenters. The Morgan fingerprint density at radius 3 is 2.21 bits per heavy atom. The largest absolute Gasteiger partial charge is 0.493 e. The van der Waals surface area contributed by atoms with Crippen LogP contribution >= 0.6 is 0 Å². The molecule has 2 aromatic rings. The number of hydrogen-bond donors (Lipinski definition) is 1. The molecule has 8 heteroatoms. The Bertz CT molecular complexity index is 860. The SMILES string of the molecule is COc1cc(C(=O)NC2CC(=O)N(c3ccc(F)cc3)C2)cc(OC)c1OC. The van der Waals surface area contributed by atoms with E-state index in [-0.39, 0.29) is 30.1 Å². The monoisotopic (exact) mass is 388 g/mol. The molecule has 148 valence electrons. The third-order valence-electron chi connectivity index (χ3n) is 4.53. The molecule has 3 rings (SSSR count). The first-order valence-corrected chi connectivity index (χ1v) is 8.63. The van der Waals surface area contributed by atoms with Crippen molar-refractivity contribution in [3.63, 3.8) is 0 Å². The minimum atomic E-state index is -0.373. The van der Waals surface area contributed by atoms with Gasteiger partial charge in [-0.2, -0.15) is 0 Å². The Kier molecular flexibility index (Phi) is 5.67. The molecule has 1 N–H and O–H groups in total. The molecule has 28 heavy (non-hydrogen) atoms. The summed E-state index contributed by atoms with van der Waals surface area (Å²) in [5, 5.41) is 2.85. The second-order valence-electron chi connectivity index (χ2n) is 6.27. The van der Waals surface area contributed by atoms with Gasteiger partial charge in [-0.05, 0) is 36.4 Å². The highest BCUT2D eigenvalue weighted by Gasteiger charge is 2.32. The van der Waals surface area contributed by atoms with Crippen LogP contribution in [0.15, 0.2) is 36.4 Å². The van der Waals surface area contributed by atoms with Crippen LogP contribution in [0.2, 0.25) is 0 Å². The number of amides is 2. The van der Waals surface area contributed by atoms with E-state index in [1.807, 2.05) is 0 Å². The quantitative estimate of drug-likeness (QED) is 0.822. The standard InChI is InChI=1S/C20H21FN2O5/c1-26-16-8-12(9-17(27-2)19(16)28-3)20(25)22-14-10-18(24)23(11-14)15-6-4-13(21)5-7-15/h4-9,14H,10-11H2,1-3H3,(H,22,25). The van der Waals surface area contributed by atoms with Gasteiger partial charge in [-0.25, -0.2) is 4.39 Å². The first-order valence-electron chi connectivity index (χ1n) is 8.63. The summed E-state index contributed by atoms with van der Waals surface area (Å²) < 4.78 is 28.9. The minimum absolute atomic E-state index is 0.137. The van der Waals surface area contributed by atoms with E-state index in [0.717, 1.165) is 0 Å². The zero-order valence-corrected chi connectivity index (χ0v) is 15.8. The molecule has 0 aromatic heterocycles. The van der Waals surface area contributed by atoms with Crippen LogP contribution in [-0.2, 0) is 4.79 Å². The van der Waals surface area contributed by atoms with Gasteiger partial charge in [0.1, 0.15) is 5.82 Å². The van der Waals surface area contributed by atoms with E-state index in [1.54, 1.807) is 12.1 Å². The molecular weight excluding hydrogens is 367 g/mol. The van der Waals surface area contributed by atoms with Crippen LogP contribution in [0.3, 0.4) is 0 Å². The van der Waals surface area contributed by atoms with Crippen molar-refractivity contribution in [3.8, 4) is 17.2 Å². The average molecular weight is 388 g/mol. The third-order valence-corrected chi connectivity index (χ3v) is 4.53. The number of benzene rings is 2. The highest BCUT2D eigenvalue weighted by Crippen LogP contribution is 2.38. The van der Waals surface area contributed by atoms with Crippen molar-refractivity contribution in [2.45, 2.75) is 12.5 Å². The third kappa shape index (κ3) is 3.85. The Morgan fingerprint density at radius 2 is 1.68 bits per heavy atom. The predicted molar refractivity (Wildman–Crippen MR) is 101 cm³/mol. The van der Waals surface area contributed by atoms with Crippen molar-refractivity contribution >= 4 is 17.5 Å². The van der Waals surface area contributed by atoms with Gasteiger partial charge in [0.05, 0.1) is 27.4 Å². The van der Waals surface area contributed by atoms with Crippen molar-refractivity contribution in [2.24, 2.45) is 0 Å². The lowest BCUT2D eigenvalue weighted by atomic mass is 10.1. The van der Waals surface area contributed by atoms with Crippen molar-refractivity contribution in [1.29, 1.82) is 0 Å². The van der Waals surface area contributed by atoms with E-state index in [9.17, 15) is 14.0 Å². The fourth-order valence-electron chi connectivity index (χ4n) is 3.16. The number of halogens is 1. The fourth-order valence-corrected chi connectivity index (χ4v) is 3.16. The summed E-state index contributed by atoms with van der Waals surface area (Å²) >= 11 is 0. The van der Waals surface area contributed by atoms with E-state index < -0.39 is 0 Å². The van der Waals surface area contributed by atoms with Crippen LogP contribution in [0.25, 0.3) is 0 Å². The smallest absolute Gasteiger partial charge is 0.251 e. The van der Waals surface area contributed by atoms with Crippen molar-refractivity contribution in [3.05, 3.63) is 47.8 Å². The predicted octanol–water partition coefficient (Wildman–Crippen LogP) is 2.39. The summed E-state index contributed by atoms with van der Waals surface area (Å²) in [4.78, 5) is 26.5. The Labute approximate surface area is 162 Å². The Morgan fingerprint density at radius 1 is 1.07 bits per heavy atom. The second-order valence-corrected chi connectivity index (χ2v) is 6.27. The van der Waals surface area contributed by atoms with E-state index in [2.05, 4.69) is 5.32 Å². The van der Waals surface area contributed by atoms with Crippen LogP contribution < -0.4 is 24.4 Å². The summed E-state index contributed by atoms with van der Waals surface area (Å²) in [6, 6.07) is 8.39. The number of hydrogen-bond acceptors (Lipinski definition) is 5. The number of anilines is 1. The molecule has 1 atom stereocenters. The average Bonchev–Trinajstić information content (AvgIpc) is 3.07. The summed E-state index contributed by atoms with van der Waals surface area (Å²) in [5.41, 5.74) is 0.915. The highest BCUT2D eigenvalue weighted by atomic mass is 19.1. The van der Waals surface area contributed by atoms with Gasteiger partial charge in [0.2, 0.25) is 11.7 Å². The molecule has 2 amide bonds. The molecule has 0 spiro atoms. The topological polar surface area (TPSA) is 77.1 Å². The normalized spacial score (nSPS) is 16.1. The summed E-state index contributed by atoms with van der Waals surface area (Å²) in [7, 11) is 4.42. The first-order chi connectivity index (χ1) is 13.5. The van der Waals surface area contributed by atoms with E-state index in [1.165, 1.54) is 50.5 Å². The van der Waals surface area contributed by atoms with Gasteiger partial charge in [-0.1, -0.05) is 0 Å².